The van der Waals surface area contributed by atoms with Crippen LogP contribution in [0, 0.1) is 16.0 Å². The van der Waals surface area contributed by atoms with Crippen molar-refractivity contribution < 1.29 is 9.72 Å². The molecule has 2 atom stereocenters. The van der Waals surface area contributed by atoms with Crippen LogP contribution >= 0.6 is 0 Å². The van der Waals surface area contributed by atoms with Gasteiger partial charge in [0, 0.05) is 24.3 Å². The van der Waals surface area contributed by atoms with E-state index in [9.17, 15) is 14.9 Å². The van der Waals surface area contributed by atoms with Gasteiger partial charge in [0.15, 0.2) is 0 Å². The third-order valence-corrected chi connectivity index (χ3v) is 4.34. The predicted octanol–water partition coefficient (Wildman–Crippen LogP) is 2.71. The minimum Gasteiger partial charge on any atom is -0.369 e. The largest absolute Gasteiger partial charge is 0.369 e. The summed E-state index contributed by atoms with van der Waals surface area (Å²) >= 11 is 0. The standard InChI is InChI=1S/C15H21N3O3/c1-3-11-6-7-17(10(2)8-11)12-4-5-14(18(20)21)13(9-12)15(16)19/h4-5,9-11H,3,6-8H2,1-2H3,(H2,16,19)/t10-,11-/m0/s1. The van der Waals surface area contributed by atoms with Crippen molar-refractivity contribution in [3.63, 3.8) is 0 Å². The molecule has 0 aromatic heterocycles. The number of piperidine rings is 1. The summed E-state index contributed by atoms with van der Waals surface area (Å²) in [6.45, 7) is 5.24. The molecule has 6 nitrogen and oxygen atoms in total. The molecule has 0 bridgehead atoms. The quantitative estimate of drug-likeness (QED) is 0.682. The second-order valence-corrected chi connectivity index (χ2v) is 5.66. The van der Waals surface area contributed by atoms with Crippen LogP contribution in [0.4, 0.5) is 11.4 Å². The lowest BCUT2D eigenvalue weighted by Crippen LogP contribution is -2.40. The first-order chi connectivity index (χ1) is 9.93. The zero-order valence-corrected chi connectivity index (χ0v) is 12.4. The molecule has 0 saturated carbocycles. The molecule has 0 aliphatic carbocycles. The van der Waals surface area contributed by atoms with Crippen molar-refractivity contribution in [1.29, 1.82) is 0 Å². The van der Waals surface area contributed by atoms with Crippen LogP contribution in [0.1, 0.15) is 43.5 Å². The van der Waals surface area contributed by atoms with E-state index >= 15 is 0 Å². The van der Waals surface area contributed by atoms with Crippen molar-refractivity contribution in [2.24, 2.45) is 11.7 Å². The van der Waals surface area contributed by atoms with Gasteiger partial charge in [-0.2, -0.15) is 0 Å². The molecule has 0 radical (unpaired) electrons. The van der Waals surface area contributed by atoms with Gasteiger partial charge in [-0.3, -0.25) is 14.9 Å². The van der Waals surface area contributed by atoms with Gasteiger partial charge in [0.05, 0.1) is 4.92 Å². The molecule has 1 aromatic carbocycles. The van der Waals surface area contributed by atoms with Crippen molar-refractivity contribution in [2.75, 3.05) is 11.4 Å². The Morgan fingerprint density at radius 1 is 1.52 bits per heavy atom. The Kier molecular flexibility index (Phi) is 4.45. The maximum Gasteiger partial charge on any atom is 0.282 e. The number of primary amides is 1. The number of anilines is 1. The number of rotatable bonds is 4. The van der Waals surface area contributed by atoms with Crippen LogP contribution < -0.4 is 10.6 Å². The first-order valence-corrected chi connectivity index (χ1v) is 7.29. The van der Waals surface area contributed by atoms with Crippen LogP contribution in [-0.4, -0.2) is 23.4 Å². The van der Waals surface area contributed by atoms with E-state index in [2.05, 4.69) is 18.7 Å². The maximum atomic E-state index is 11.4. The molecule has 1 aliphatic rings. The fourth-order valence-corrected chi connectivity index (χ4v) is 3.08. The number of carbonyl (C=O) groups excluding carboxylic acids is 1. The minimum absolute atomic E-state index is 0.0256. The molecule has 6 heteroatoms. The zero-order valence-electron chi connectivity index (χ0n) is 12.4. The highest BCUT2D eigenvalue weighted by molar-refractivity contribution is 5.98. The average molecular weight is 291 g/mol. The van der Waals surface area contributed by atoms with Crippen molar-refractivity contribution in [1.82, 2.24) is 0 Å². The molecule has 21 heavy (non-hydrogen) atoms. The van der Waals surface area contributed by atoms with Crippen LogP contribution in [0.5, 0.6) is 0 Å². The summed E-state index contributed by atoms with van der Waals surface area (Å²) in [5.41, 5.74) is 5.84. The molecule has 0 unspecified atom stereocenters. The fourth-order valence-electron chi connectivity index (χ4n) is 3.08. The van der Waals surface area contributed by atoms with Crippen LogP contribution in [0.3, 0.4) is 0 Å². The number of nitrogens with zero attached hydrogens (tertiary/aromatic N) is 2. The third-order valence-electron chi connectivity index (χ3n) is 4.34. The number of benzene rings is 1. The fraction of sp³-hybridized carbons (Fsp3) is 0.533. The molecular weight excluding hydrogens is 270 g/mol. The molecule has 1 amide bonds. The number of nitro groups is 1. The summed E-state index contributed by atoms with van der Waals surface area (Å²) in [5.74, 6) is -0.0374. The zero-order chi connectivity index (χ0) is 15.6. The van der Waals surface area contributed by atoms with E-state index in [4.69, 9.17) is 5.73 Å². The summed E-state index contributed by atoms with van der Waals surface area (Å²) in [6, 6.07) is 4.97. The first-order valence-electron chi connectivity index (χ1n) is 7.29. The monoisotopic (exact) mass is 291 g/mol. The third kappa shape index (κ3) is 3.15. The predicted molar refractivity (Wildman–Crippen MR) is 81.4 cm³/mol. The molecule has 2 rings (SSSR count). The molecule has 1 aromatic rings. The van der Waals surface area contributed by atoms with Crippen LogP contribution in [-0.2, 0) is 0 Å². The second-order valence-electron chi connectivity index (χ2n) is 5.66. The van der Waals surface area contributed by atoms with Gasteiger partial charge in [-0.25, -0.2) is 0 Å². The van der Waals surface area contributed by atoms with Gasteiger partial charge in [0.2, 0.25) is 0 Å². The molecule has 114 valence electrons. The molecule has 1 heterocycles. The Labute approximate surface area is 124 Å². The van der Waals surface area contributed by atoms with E-state index in [1.807, 2.05) is 0 Å². The van der Waals surface area contributed by atoms with E-state index in [-0.39, 0.29) is 11.3 Å². The molecule has 1 fully saturated rings. The highest BCUT2D eigenvalue weighted by atomic mass is 16.6. The second kappa shape index (κ2) is 6.11. The number of nitro benzene ring substituents is 1. The molecule has 0 spiro atoms. The van der Waals surface area contributed by atoms with Crippen molar-refractivity contribution in [2.45, 2.75) is 39.2 Å². The molecule has 1 saturated heterocycles. The van der Waals surface area contributed by atoms with Gasteiger partial charge in [-0.05, 0) is 37.8 Å². The van der Waals surface area contributed by atoms with Crippen molar-refractivity contribution in [3.05, 3.63) is 33.9 Å². The normalized spacial score (nSPS) is 22.1. The van der Waals surface area contributed by atoms with Gasteiger partial charge in [-0.1, -0.05) is 13.3 Å². The lowest BCUT2D eigenvalue weighted by Gasteiger charge is -2.39. The average Bonchev–Trinajstić information content (AvgIpc) is 2.46. The van der Waals surface area contributed by atoms with Gasteiger partial charge in [-0.15, -0.1) is 0 Å². The summed E-state index contributed by atoms with van der Waals surface area (Å²) in [4.78, 5) is 24.0. The van der Waals surface area contributed by atoms with Crippen LogP contribution in [0.25, 0.3) is 0 Å². The van der Waals surface area contributed by atoms with E-state index in [0.29, 0.717) is 6.04 Å². The maximum absolute atomic E-state index is 11.4. The van der Waals surface area contributed by atoms with Gasteiger partial charge in [0.25, 0.3) is 11.6 Å². The van der Waals surface area contributed by atoms with Gasteiger partial charge in [0.1, 0.15) is 5.56 Å². The van der Waals surface area contributed by atoms with Gasteiger partial charge < -0.3 is 10.6 Å². The summed E-state index contributed by atoms with van der Waals surface area (Å²) in [6.07, 6.45) is 3.37. The number of carbonyl (C=O) groups is 1. The minimum atomic E-state index is -0.764. The van der Waals surface area contributed by atoms with Crippen molar-refractivity contribution in [3.8, 4) is 0 Å². The number of hydrogen-bond donors (Lipinski definition) is 1. The summed E-state index contributed by atoms with van der Waals surface area (Å²) < 4.78 is 0. The SMILES string of the molecule is CC[C@H]1CCN(c2ccc([N+](=O)[O-])c(C(N)=O)c2)[C@@H](C)C1. The Balaban J connectivity index is 2.31. The van der Waals surface area contributed by atoms with Crippen molar-refractivity contribution >= 4 is 17.3 Å². The van der Waals surface area contributed by atoms with Crippen LogP contribution in [0.15, 0.2) is 18.2 Å². The Morgan fingerprint density at radius 3 is 2.76 bits per heavy atom. The van der Waals surface area contributed by atoms with Gasteiger partial charge >= 0.3 is 0 Å². The highest BCUT2D eigenvalue weighted by Gasteiger charge is 2.26. The van der Waals surface area contributed by atoms with E-state index < -0.39 is 10.8 Å². The lowest BCUT2D eigenvalue weighted by atomic mass is 9.89. The number of nitrogens with two attached hydrogens (primary N) is 1. The molecule has 2 N–H and O–H groups in total. The Bertz CT molecular complexity index is 559. The summed E-state index contributed by atoms with van der Waals surface area (Å²) in [7, 11) is 0. The van der Waals surface area contributed by atoms with E-state index in [1.165, 1.54) is 12.5 Å². The Hall–Kier alpha value is -2.11. The topological polar surface area (TPSA) is 89.5 Å². The lowest BCUT2D eigenvalue weighted by molar-refractivity contribution is -0.385. The smallest absolute Gasteiger partial charge is 0.282 e. The number of amides is 1. The molecular formula is C15H21N3O3. The van der Waals surface area contributed by atoms with E-state index in [0.717, 1.165) is 31.0 Å². The number of hydrogen-bond acceptors (Lipinski definition) is 4. The first kappa shape index (κ1) is 15.3. The summed E-state index contributed by atoms with van der Waals surface area (Å²) in [5, 5.41) is 10.9. The Morgan fingerprint density at radius 2 is 2.24 bits per heavy atom. The highest BCUT2D eigenvalue weighted by Crippen LogP contribution is 2.32. The molecule has 1 aliphatic heterocycles. The van der Waals surface area contributed by atoms with E-state index in [1.54, 1.807) is 12.1 Å². The van der Waals surface area contributed by atoms with Crippen LogP contribution in [0.2, 0.25) is 0 Å².